The van der Waals surface area contributed by atoms with Gasteiger partial charge in [0.05, 0.1) is 30.5 Å². The zero-order valence-electron chi connectivity index (χ0n) is 35.3. The maximum atomic E-state index is 12.3. The van der Waals surface area contributed by atoms with Crippen molar-refractivity contribution in [2.45, 2.75) is 263 Å². The number of esters is 1. The van der Waals surface area contributed by atoms with Crippen molar-refractivity contribution < 1.29 is 33.3 Å². The minimum Gasteiger partial charge on any atom is -0.455 e. The summed E-state index contributed by atoms with van der Waals surface area (Å²) in [5.41, 5.74) is 0.782. The summed E-state index contributed by atoms with van der Waals surface area (Å²) in [6, 6.07) is 0. The first-order valence-corrected chi connectivity index (χ1v) is 24.8. The Labute approximate surface area is 321 Å². The van der Waals surface area contributed by atoms with Crippen LogP contribution < -0.4 is 0 Å². The van der Waals surface area contributed by atoms with Gasteiger partial charge in [-0.2, -0.15) is 0 Å². The summed E-state index contributed by atoms with van der Waals surface area (Å²) < 4.78 is 31.2. The zero-order valence-corrected chi connectivity index (χ0v) is 36.3. The first-order valence-electron chi connectivity index (χ1n) is 21.9. The zero-order chi connectivity index (χ0) is 38.2. The summed E-state index contributed by atoms with van der Waals surface area (Å²) in [6.45, 7) is 19.7. The SMILES string of the molecule is CCCCCCCCCCCC[C@H]1OC(C)(C)O[C@@H]1CC[C@H](O)[C@@H]1CC[C@H](CCCCCCC[C@H](CC2=C[C@H](C)OC2=O)O[Si](C)(C)C(C)(C)C)O1. The first-order chi connectivity index (χ1) is 24.6. The molecule has 0 aliphatic carbocycles. The van der Waals surface area contributed by atoms with E-state index in [0.717, 1.165) is 56.9 Å². The largest absolute Gasteiger partial charge is 0.455 e. The molecule has 0 amide bonds. The van der Waals surface area contributed by atoms with Crippen molar-refractivity contribution >= 4 is 14.3 Å². The van der Waals surface area contributed by atoms with Crippen LogP contribution in [0.1, 0.15) is 196 Å². The van der Waals surface area contributed by atoms with Crippen LogP contribution >= 0.6 is 0 Å². The van der Waals surface area contributed by atoms with E-state index in [4.69, 9.17) is 23.4 Å². The summed E-state index contributed by atoms with van der Waals surface area (Å²) in [7, 11) is -1.95. The van der Waals surface area contributed by atoms with E-state index in [1.54, 1.807) is 0 Å². The van der Waals surface area contributed by atoms with Crippen LogP contribution in [-0.4, -0.2) is 67.9 Å². The van der Waals surface area contributed by atoms with Crippen molar-refractivity contribution in [1.29, 1.82) is 0 Å². The van der Waals surface area contributed by atoms with Crippen molar-refractivity contribution in [3.63, 3.8) is 0 Å². The van der Waals surface area contributed by atoms with Crippen LogP contribution in [0.2, 0.25) is 18.1 Å². The molecule has 3 rings (SSSR count). The smallest absolute Gasteiger partial charge is 0.334 e. The van der Waals surface area contributed by atoms with E-state index in [0.29, 0.717) is 12.8 Å². The molecule has 2 fully saturated rings. The highest BCUT2D eigenvalue weighted by atomic mass is 28.4. The second kappa shape index (κ2) is 22.7. The van der Waals surface area contributed by atoms with E-state index < -0.39 is 20.2 Å². The Bertz CT molecular complexity index is 1040. The van der Waals surface area contributed by atoms with Crippen LogP contribution in [0.5, 0.6) is 0 Å². The lowest BCUT2D eigenvalue weighted by atomic mass is 9.97. The number of ether oxygens (including phenoxy) is 4. The van der Waals surface area contributed by atoms with Crippen molar-refractivity contribution in [2.75, 3.05) is 0 Å². The van der Waals surface area contributed by atoms with Gasteiger partial charge in [0.15, 0.2) is 14.1 Å². The van der Waals surface area contributed by atoms with E-state index in [2.05, 4.69) is 40.8 Å². The number of cyclic esters (lactones) is 1. The van der Waals surface area contributed by atoms with Crippen molar-refractivity contribution in [2.24, 2.45) is 0 Å². The van der Waals surface area contributed by atoms with Gasteiger partial charge in [-0.1, -0.05) is 124 Å². The molecule has 52 heavy (non-hydrogen) atoms. The van der Waals surface area contributed by atoms with Gasteiger partial charge in [0.1, 0.15) is 6.10 Å². The minimum atomic E-state index is -1.95. The highest BCUT2D eigenvalue weighted by Crippen LogP contribution is 2.39. The number of carbonyl (C=O) groups excluding carboxylic acids is 1. The second-order valence-electron chi connectivity index (χ2n) is 18.6. The lowest BCUT2D eigenvalue weighted by Gasteiger charge is -2.39. The normalized spacial score (nSPS) is 26.2. The molecule has 7 nitrogen and oxygen atoms in total. The molecule has 0 unspecified atom stereocenters. The molecule has 0 bridgehead atoms. The van der Waals surface area contributed by atoms with Crippen LogP contribution in [0.25, 0.3) is 0 Å². The number of aliphatic hydroxyl groups is 1. The molecule has 0 aromatic heterocycles. The molecule has 0 aromatic rings. The molecule has 3 aliphatic rings. The van der Waals surface area contributed by atoms with Crippen LogP contribution in [-0.2, 0) is 28.2 Å². The first kappa shape index (κ1) is 45.6. The number of hydrogen-bond acceptors (Lipinski definition) is 7. The molecule has 0 saturated carbocycles. The molecule has 2 saturated heterocycles. The van der Waals surface area contributed by atoms with E-state index in [1.165, 1.54) is 83.5 Å². The van der Waals surface area contributed by atoms with Gasteiger partial charge in [0.2, 0.25) is 0 Å². The highest BCUT2D eigenvalue weighted by molar-refractivity contribution is 6.74. The maximum absolute atomic E-state index is 12.3. The average Bonchev–Trinajstić information content (AvgIpc) is 3.75. The van der Waals surface area contributed by atoms with Gasteiger partial charge in [-0.25, -0.2) is 4.79 Å². The quantitative estimate of drug-likeness (QED) is 0.0508. The van der Waals surface area contributed by atoms with E-state index >= 15 is 0 Å². The van der Waals surface area contributed by atoms with E-state index in [9.17, 15) is 9.90 Å². The summed E-state index contributed by atoms with van der Waals surface area (Å²) in [4.78, 5) is 12.3. The van der Waals surface area contributed by atoms with E-state index in [-0.39, 0.29) is 47.6 Å². The Morgan fingerprint density at radius 3 is 1.96 bits per heavy atom. The summed E-state index contributed by atoms with van der Waals surface area (Å²) in [5.74, 6) is -0.722. The summed E-state index contributed by atoms with van der Waals surface area (Å²) in [5, 5.41) is 11.2. The van der Waals surface area contributed by atoms with Gasteiger partial charge in [0.25, 0.3) is 0 Å². The predicted octanol–water partition coefficient (Wildman–Crippen LogP) is 11.9. The summed E-state index contributed by atoms with van der Waals surface area (Å²) in [6.07, 6.45) is 28.3. The molecule has 0 aromatic carbocycles. The Morgan fingerprint density at radius 2 is 1.38 bits per heavy atom. The maximum Gasteiger partial charge on any atom is 0.334 e. The van der Waals surface area contributed by atoms with Gasteiger partial charge in [-0.15, -0.1) is 0 Å². The number of aliphatic hydroxyl groups excluding tert-OH is 1. The van der Waals surface area contributed by atoms with Crippen LogP contribution in [0.3, 0.4) is 0 Å². The fraction of sp³-hybridized carbons (Fsp3) is 0.932. The lowest BCUT2D eigenvalue weighted by molar-refractivity contribution is -0.148. The topological polar surface area (TPSA) is 83.5 Å². The molecule has 304 valence electrons. The number of rotatable bonds is 27. The molecule has 3 aliphatic heterocycles. The van der Waals surface area contributed by atoms with Gasteiger partial charge in [-0.05, 0) is 89.9 Å². The van der Waals surface area contributed by atoms with Crippen LogP contribution in [0.4, 0.5) is 0 Å². The lowest BCUT2D eigenvalue weighted by Crippen LogP contribution is -2.44. The van der Waals surface area contributed by atoms with Gasteiger partial charge in [0, 0.05) is 18.1 Å². The molecule has 1 N–H and O–H groups in total. The van der Waals surface area contributed by atoms with Gasteiger partial charge in [-0.3, -0.25) is 0 Å². The number of carbonyl (C=O) groups is 1. The fourth-order valence-electron chi connectivity index (χ4n) is 8.08. The third kappa shape index (κ3) is 16.5. The predicted molar refractivity (Wildman–Crippen MR) is 216 cm³/mol. The van der Waals surface area contributed by atoms with Crippen LogP contribution in [0.15, 0.2) is 11.6 Å². The number of hydrogen-bond donors (Lipinski definition) is 1. The van der Waals surface area contributed by atoms with Crippen molar-refractivity contribution in [3.8, 4) is 0 Å². The Balaban J connectivity index is 1.28. The molecular weight excluding hydrogens is 669 g/mol. The Kier molecular flexibility index (Phi) is 19.9. The third-order valence-electron chi connectivity index (χ3n) is 12.2. The Hall–Kier alpha value is -0.773. The minimum absolute atomic E-state index is 0.0503. The Morgan fingerprint density at radius 1 is 0.827 bits per heavy atom. The summed E-state index contributed by atoms with van der Waals surface area (Å²) >= 11 is 0. The number of unbranched alkanes of at least 4 members (excludes halogenated alkanes) is 13. The van der Waals surface area contributed by atoms with Gasteiger partial charge >= 0.3 is 5.97 Å². The monoisotopic (exact) mass is 751 g/mol. The molecule has 3 heterocycles. The van der Waals surface area contributed by atoms with Crippen LogP contribution in [0, 0.1) is 0 Å². The van der Waals surface area contributed by atoms with Gasteiger partial charge < -0.3 is 28.5 Å². The highest BCUT2D eigenvalue weighted by Gasteiger charge is 2.42. The average molecular weight is 751 g/mol. The van der Waals surface area contributed by atoms with Crippen molar-refractivity contribution in [3.05, 3.63) is 11.6 Å². The fourth-order valence-corrected chi connectivity index (χ4v) is 9.47. The second-order valence-corrected chi connectivity index (χ2v) is 23.3. The standard InChI is InChI=1S/C44H82O7Si/c1-10-11-12-13-14-15-16-17-21-24-27-40-41(50-44(6,7)49-40)31-29-38(45)39-30-28-36(48-39)25-22-19-18-20-23-26-37(51-52(8,9)43(3,4)5)33-35-32-34(2)47-42(35)46/h32,34,36-41,45H,10-31,33H2,1-9H3/t34-,36-,37+,38-,39-,40+,41+/m0/s1. The molecule has 0 radical (unpaired) electrons. The van der Waals surface area contributed by atoms with Crippen molar-refractivity contribution in [1.82, 2.24) is 0 Å². The molecule has 0 spiro atoms. The molecule has 7 atom stereocenters. The third-order valence-corrected chi connectivity index (χ3v) is 16.7. The molecule has 8 heteroatoms. The van der Waals surface area contributed by atoms with E-state index in [1.807, 2.05) is 26.8 Å². The molecular formula is C44H82O7Si.